The van der Waals surface area contributed by atoms with Crippen molar-refractivity contribution in [3.05, 3.63) is 0 Å². The molecule has 0 aromatic rings. The second-order valence-corrected chi connectivity index (χ2v) is 4.76. The molecule has 0 aromatic carbocycles. The standard InChI is InChI=1S/C13H22N2O5/c1-2-20-11(16)6-3-7-14-13(19)15-8-4-5-10(9-15)12(17)18/h10H,2-9H2,1H3,(H,14,19)(H,17,18)/t10-/m0/s1. The van der Waals surface area contributed by atoms with Crippen molar-refractivity contribution in [1.29, 1.82) is 0 Å². The molecule has 1 fully saturated rings. The van der Waals surface area contributed by atoms with Crippen LogP contribution in [0.15, 0.2) is 0 Å². The van der Waals surface area contributed by atoms with Gasteiger partial charge in [-0.1, -0.05) is 0 Å². The summed E-state index contributed by atoms with van der Waals surface area (Å²) in [5.74, 6) is -1.61. The number of likely N-dealkylation sites (tertiary alicyclic amines) is 1. The van der Waals surface area contributed by atoms with Gasteiger partial charge in [0.1, 0.15) is 0 Å². The summed E-state index contributed by atoms with van der Waals surface area (Å²) in [5, 5.41) is 11.6. The van der Waals surface area contributed by atoms with Gasteiger partial charge < -0.3 is 20.1 Å². The number of aliphatic carboxylic acids is 1. The zero-order valence-electron chi connectivity index (χ0n) is 11.8. The number of nitrogens with zero attached hydrogens (tertiary/aromatic N) is 1. The maximum atomic E-state index is 11.8. The molecule has 0 bridgehead atoms. The highest BCUT2D eigenvalue weighted by Gasteiger charge is 2.27. The van der Waals surface area contributed by atoms with Crippen LogP contribution in [-0.4, -0.2) is 54.2 Å². The maximum absolute atomic E-state index is 11.8. The van der Waals surface area contributed by atoms with E-state index in [2.05, 4.69) is 5.32 Å². The van der Waals surface area contributed by atoms with E-state index in [-0.39, 0.29) is 25.0 Å². The van der Waals surface area contributed by atoms with Gasteiger partial charge in [0.2, 0.25) is 0 Å². The zero-order valence-corrected chi connectivity index (χ0v) is 11.8. The number of hydrogen-bond donors (Lipinski definition) is 2. The normalized spacial score (nSPS) is 18.4. The molecule has 0 radical (unpaired) electrons. The smallest absolute Gasteiger partial charge is 0.317 e. The number of urea groups is 1. The number of piperidine rings is 1. The van der Waals surface area contributed by atoms with Crippen LogP contribution in [0, 0.1) is 5.92 Å². The van der Waals surface area contributed by atoms with Crippen LogP contribution in [-0.2, 0) is 14.3 Å². The van der Waals surface area contributed by atoms with Crippen molar-refractivity contribution in [2.75, 3.05) is 26.2 Å². The lowest BCUT2D eigenvalue weighted by Gasteiger charge is -2.30. The highest BCUT2D eigenvalue weighted by atomic mass is 16.5. The molecule has 0 unspecified atom stereocenters. The van der Waals surface area contributed by atoms with Gasteiger partial charge >= 0.3 is 18.0 Å². The summed E-state index contributed by atoms with van der Waals surface area (Å²) in [6.45, 7) is 3.31. The van der Waals surface area contributed by atoms with E-state index in [9.17, 15) is 14.4 Å². The van der Waals surface area contributed by atoms with Crippen molar-refractivity contribution < 1.29 is 24.2 Å². The fraction of sp³-hybridized carbons (Fsp3) is 0.769. The van der Waals surface area contributed by atoms with Crippen LogP contribution in [0.3, 0.4) is 0 Å². The number of esters is 1. The van der Waals surface area contributed by atoms with E-state index >= 15 is 0 Å². The Hall–Kier alpha value is -1.79. The Balaban J connectivity index is 2.22. The third kappa shape index (κ3) is 5.46. The number of carboxylic acids is 1. The first-order chi connectivity index (χ1) is 9.54. The van der Waals surface area contributed by atoms with Crippen molar-refractivity contribution in [3.63, 3.8) is 0 Å². The van der Waals surface area contributed by atoms with Crippen molar-refractivity contribution in [1.82, 2.24) is 10.2 Å². The second-order valence-electron chi connectivity index (χ2n) is 4.76. The largest absolute Gasteiger partial charge is 0.481 e. The molecule has 20 heavy (non-hydrogen) atoms. The molecule has 0 spiro atoms. The number of carbonyl (C=O) groups excluding carboxylic acids is 2. The Labute approximate surface area is 118 Å². The predicted octanol–water partition coefficient (Wildman–Crippen LogP) is 0.836. The van der Waals surface area contributed by atoms with Gasteiger partial charge in [-0.05, 0) is 26.2 Å². The van der Waals surface area contributed by atoms with Crippen LogP contribution in [0.2, 0.25) is 0 Å². The van der Waals surface area contributed by atoms with E-state index < -0.39 is 11.9 Å². The summed E-state index contributed by atoms with van der Waals surface area (Å²) in [7, 11) is 0. The van der Waals surface area contributed by atoms with E-state index in [0.717, 1.165) is 0 Å². The van der Waals surface area contributed by atoms with Gasteiger partial charge in [0.05, 0.1) is 12.5 Å². The summed E-state index contributed by atoms with van der Waals surface area (Å²) < 4.78 is 4.78. The summed E-state index contributed by atoms with van der Waals surface area (Å²) >= 11 is 0. The minimum absolute atomic E-state index is 0.249. The molecule has 1 aliphatic rings. The fourth-order valence-electron chi connectivity index (χ4n) is 2.14. The van der Waals surface area contributed by atoms with Gasteiger partial charge in [-0.25, -0.2) is 4.79 Å². The first-order valence-corrected chi connectivity index (χ1v) is 6.95. The Morgan fingerprint density at radius 1 is 1.40 bits per heavy atom. The van der Waals surface area contributed by atoms with Gasteiger partial charge in [0, 0.05) is 26.1 Å². The van der Waals surface area contributed by atoms with Crippen molar-refractivity contribution in [3.8, 4) is 0 Å². The van der Waals surface area contributed by atoms with Crippen molar-refractivity contribution in [2.45, 2.75) is 32.6 Å². The number of carbonyl (C=O) groups is 3. The Bertz CT molecular complexity index is 359. The van der Waals surface area contributed by atoms with Crippen LogP contribution in [0.25, 0.3) is 0 Å². The Morgan fingerprint density at radius 2 is 2.15 bits per heavy atom. The van der Waals surface area contributed by atoms with Gasteiger partial charge in [-0.15, -0.1) is 0 Å². The monoisotopic (exact) mass is 286 g/mol. The van der Waals surface area contributed by atoms with E-state index in [4.69, 9.17) is 9.84 Å². The van der Waals surface area contributed by atoms with E-state index in [1.165, 1.54) is 4.90 Å². The molecule has 0 aliphatic carbocycles. The highest BCUT2D eigenvalue weighted by molar-refractivity contribution is 5.76. The van der Waals surface area contributed by atoms with Crippen LogP contribution < -0.4 is 5.32 Å². The van der Waals surface area contributed by atoms with Crippen LogP contribution in [0.5, 0.6) is 0 Å². The lowest BCUT2D eigenvalue weighted by molar-refractivity contribution is -0.144. The predicted molar refractivity (Wildman–Crippen MR) is 71.2 cm³/mol. The maximum Gasteiger partial charge on any atom is 0.317 e. The summed E-state index contributed by atoms with van der Waals surface area (Å²) in [6, 6.07) is -0.264. The number of amides is 2. The molecule has 7 heteroatoms. The number of hydrogen-bond acceptors (Lipinski definition) is 4. The van der Waals surface area contributed by atoms with Gasteiger partial charge in [0.15, 0.2) is 0 Å². The molecule has 1 heterocycles. The molecule has 7 nitrogen and oxygen atoms in total. The molecule has 2 amide bonds. The van der Waals surface area contributed by atoms with Crippen LogP contribution >= 0.6 is 0 Å². The first kappa shape index (κ1) is 16.3. The van der Waals surface area contributed by atoms with Gasteiger partial charge in [-0.3, -0.25) is 9.59 Å². The molecule has 1 saturated heterocycles. The first-order valence-electron chi connectivity index (χ1n) is 6.95. The van der Waals surface area contributed by atoms with Gasteiger partial charge in [0.25, 0.3) is 0 Å². The zero-order chi connectivity index (χ0) is 15.0. The average Bonchev–Trinajstić information content (AvgIpc) is 2.43. The third-order valence-corrected chi connectivity index (χ3v) is 3.20. The Morgan fingerprint density at radius 3 is 2.80 bits per heavy atom. The Kier molecular flexibility index (Phi) is 6.83. The molecule has 114 valence electrons. The van der Waals surface area contributed by atoms with Crippen molar-refractivity contribution >= 4 is 18.0 Å². The fourth-order valence-corrected chi connectivity index (χ4v) is 2.14. The molecule has 2 N–H and O–H groups in total. The van der Waals surface area contributed by atoms with E-state index in [0.29, 0.717) is 39.0 Å². The molecular formula is C13H22N2O5. The lowest BCUT2D eigenvalue weighted by atomic mass is 9.99. The van der Waals surface area contributed by atoms with E-state index in [1.54, 1.807) is 6.92 Å². The lowest BCUT2D eigenvalue weighted by Crippen LogP contribution is -2.47. The summed E-state index contributed by atoms with van der Waals surface area (Å²) in [5.41, 5.74) is 0. The van der Waals surface area contributed by atoms with Crippen LogP contribution in [0.1, 0.15) is 32.6 Å². The number of ether oxygens (including phenoxy) is 1. The molecular weight excluding hydrogens is 264 g/mol. The topological polar surface area (TPSA) is 95.9 Å². The molecule has 0 aromatic heterocycles. The molecule has 1 aliphatic heterocycles. The molecule has 1 atom stereocenters. The number of rotatable bonds is 6. The van der Waals surface area contributed by atoms with Gasteiger partial charge in [-0.2, -0.15) is 0 Å². The quantitative estimate of drug-likeness (QED) is 0.557. The SMILES string of the molecule is CCOC(=O)CCCNC(=O)N1CCC[C@H](C(=O)O)C1. The number of carboxylic acid groups (broad SMARTS) is 1. The minimum Gasteiger partial charge on any atom is -0.481 e. The van der Waals surface area contributed by atoms with Crippen molar-refractivity contribution in [2.24, 2.45) is 5.92 Å². The van der Waals surface area contributed by atoms with E-state index in [1.807, 2.05) is 0 Å². The molecule has 0 saturated carbocycles. The highest BCUT2D eigenvalue weighted by Crippen LogP contribution is 2.16. The second kappa shape index (κ2) is 8.39. The average molecular weight is 286 g/mol. The van der Waals surface area contributed by atoms with Crippen LogP contribution in [0.4, 0.5) is 4.79 Å². The summed E-state index contributed by atoms with van der Waals surface area (Å²) in [6.07, 6.45) is 2.10. The third-order valence-electron chi connectivity index (χ3n) is 3.20. The summed E-state index contributed by atoms with van der Waals surface area (Å²) in [4.78, 5) is 35.4. The molecule has 1 rings (SSSR count). The minimum atomic E-state index is -0.857. The number of nitrogens with one attached hydrogen (secondary N) is 1.